The van der Waals surface area contributed by atoms with Crippen LogP contribution in [-0.4, -0.2) is 20.2 Å². The molecule has 5 aromatic rings. The number of nitrogens with zero attached hydrogens (tertiary/aromatic N) is 4. The fourth-order valence-corrected chi connectivity index (χ4v) is 4.87. The molecule has 0 saturated heterocycles. The monoisotopic (exact) mass is 441 g/mol. The molecule has 152 valence electrons. The summed E-state index contributed by atoms with van der Waals surface area (Å²) in [6, 6.07) is 26.4. The number of hydrogen-bond donors (Lipinski definition) is 1. The molecule has 0 aliphatic heterocycles. The van der Waals surface area contributed by atoms with Crippen LogP contribution in [-0.2, 0) is 5.75 Å². The molecule has 3 aromatic carbocycles. The average Bonchev–Trinajstić information content (AvgIpc) is 3.26. The SMILES string of the molecule is Cc1ccc(Nc2nnc(CSc3nc4ccccc4nc3-c3ccccc3)s2)cc1. The molecule has 0 fully saturated rings. The van der Waals surface area contributed by atoms with Crippen molar-refractivity contribution in [2.24, 2.45) is 0 Å². The Bertz CT molecular complexity index is 1320. The summed E-state index contributed by atoms with van der Waals surface area (Å²) < 4.78 is 0. The third-order valence-corrected chi connectivity index (χ3v) is 6.69. The molecule has 31 heavy (non-hydrogen) atoms. The van der Waals surface area contributed by atoms with Crippen LogP contribution in [0.25, 0.3) is 22.3 Å². The lowest BCUT2D eigenvalue weighted by molar-refractivity contribution is 1.04. The predicted molar refractivity (Wildman–Crippen MR) is 129 cm³/mol. The Hall–Kier alpha value is -3.29. The zero-order chi connectivity index (χ0) is 21.0. The van der Waals surface area contributed by atoms with E-state index < -0.39 is 0 Å². The summed E-state index contributed by atoms with van der Waals surface area (Å²) in [5, 5.41) is 14.6. The Morgan fingerprint density at radius 1 is 0.806 bits per heavy atom. The molecule has 0 aliphatic rings. The minimum atomic E-state index is 0.681. The molecular weight excluding hydrogens is 422 g/mol. The van der Waals surface area contributed by atoms with E-state index in [0.29, 0.717) is 5.75 Å². The maximum Gasteiger partial charge on any atom is 0.210 e. The summed E-state index contributed by atoms with van der Waals surface area (Å²) in [5.74, 6) is 0.681. The second-order valence-electron chi connectivity index (χ2n) is 7.01. The maximum atomic E-state index is 4.90. The van der Waals surface area contributed by atoms with Gasteiger partial charge in [-0.3, -0.25) is 0 Å². The smallest absolute Gasteiger partial charge is 0.210 e. The third-order valence-electron chi connectivity index (χ3n) is 4.69. The summed E-state index contributed by atoms with van der Waals surface area (Å²) in [6.45, 7) is 2.07. The highest BCUT2D eigenvalue weighted by Crippen LogP contribution is 2.33. The molecular formula is C24H19N5S2. The van der Waals surface area contributed by atoms with Crippen molar-refractivity contribution in [2.45, 2.75) is 17.7 Å². The van der Waals surface area contributed by atoms with Crippen LogP contribution in [0.1, 0.15) is 10.6 Å². The molecule has 2 heterocycles. The summed E-state index contributed by atoms with van der Waals surface area (Å²) in [6.07, 6.45) is 0. The second-order valence-corrected chi connectivity index (χ2v) is 9.04. The van der Waals surface area contributed by atoms with Crippen LogP contribution in [0.3, 0.4) is 0 Å². The standard InChI is InChI=1S/C24H19N5S2/c1-16-11-13-18(14-12-16)25-24-29-28-21(31-24)15-30-23-22(17-7-3-2-4-8-17)26-19-9-5-6-10-20(19)27-23/h2-14H,15H2,1H3,(H,25,29). The molecule has 0 aliphatic carbocycles. The van der Waals surface area contributed by atoms with Crippen LogP contribution < -0.4 is 5.32 Å². The van der Waals surface area contributed by atoms with Crippen LogP contribution in [0.15, 0.2) is 83.9 Å². The second kappa shape index (κ2) is 8.83. The van der Waals surface area contributed by atoms with Gasteiger partial charge in [-0.25, -0.2) is 9.97 Å². The lowest BCUT2D eigenvalue weighted by Gasteiger charge is -2.09. The Kier molecular flexibility index (Phi) is 5.60. The number of anilines is 2. The molecule has 1 N–H and O–H groups in total. The van der Waals surface area contributed by atoms with E-state index >= 15 is 0 Å². The maximum absolute atomic E-state index is 4.90. The molecule has 0 amide bonds. The summed E-state index contributed by atoms with van der Waals surface area (Å²) in [7, 11) is 0. The zero-order valence-corrected chi connectivity index (χ0v) is 18.5. The first-order chi connectivity index (χ1) is 15.2. The minimum absolute atomic E-state index is 0.681. The molecule has 0 spiro atoms. The minimum Gasteiger partial charge on any atom is -0.330 e. The van der Waals surface area contributed by atoms with Crippen molar-refractivity contribution in [3.05, 3.63) is 89.4 Å². The first-order valence-electron chi connectivity index (χ1n) is 9.86. The van der Waals surface area contributed by atoms with Gasteiger partial charge in [0.05, 0.1) is 16.8 Å². The highest BCUT2D eigenvalue weighted by Gasteiger charge is 2.13. The molecule has 2 aromatic heterocycles. The van der Waals surface area contributed by atoms with Crippen molar-refractivity contribution >= 4 is 45.0 Å². The van der Waals surface area contributed by atoms with E-state index in [4.69, 9.17) is 9.97 Å². The van der Waals surface area contributed by atoms with Crippen molar-refractivity contribution in [3.63, 3.8) is 0 Å². The number of thioether (sulfide) groups is 1. The number of rotatable bonds is 6. The Morgan fingerprint density at radius 3 is 2.29 bits per heavy atom. The number of hydrogen-bond acceptors (Lipinski definition) is 7. The van der Waals surface area contributed by atoms with Crippen molar-refractivity contribution < 1.29 is 0 Å². The molecule has 0 bridgehead atoms. The van der Waals surface area contributed by atoms with Gasteiger partial charge in [-0.1, -0.05) is 83.3 Å². The van der Waals surface area contributed by atoms with Gasteiger partial charge in [0.15, 0.2) is 0 Å². The molecule has 0 saturated carbocycles. The molecule has 0 atom stereocenters. The van der Waals surface area contributed by atoms with Gasteiger partial charge >= 0.3 is 0 Å². The van der Waals surface area contributed by atoms with E-state index in [1.165, 1.54) is 5.56 Å². The van der Waals surface area contributed by atoms with Crippen LogP contribution in [0, 0.1) is 6.92 Å². The van der Waals surface area contributed by atoms with Crippen molar-refractivity contribution in [2.75, 3.05) is 5.32 Å². The van der Waals surface area contributed by atoms with E-state index in [9.17, 15) is 0 Å². The third kappa shape index (κ3) is 4.57. The summed E-state index contributed by atoms with van der Waals surface area (Å²) >= 11 is 3.19. The summed E-state index contributed by atoms with van der Waals surface area (Å²) in [5.41, 5.74) is 5.97. The first kappa shape index (κ1) is 19.7. The topological polar surface area (TPSA) is 63.6 Å². The van der Waals surface area contributed by atoms with Gasteiger partial charge < -0.3 is 5.32 Å². The molecule has 0 unspecified atom stereocenters. The summed E-state index contributed by atoms with van der Waals surface area (Å²) in [4.78, 5) is 9.79. The largest absolute Gasteiger partial charge is 0.330 e. The normalized spacial score (nSPS) is 11.0. The zero-order valence-electron chi connectivity index (χ0n) is 16.8. The van der Waals surface area contributed by atoms with Gasteiger partial charge in [-0.2, -0.15) is 0 Å². The van der Waals surface area contributed by atoms with Gasteiger partial charge in [0, 0.05) is 11.3 Å². The van der Waals surface area contributed by atoms with Gasteiger partial charge in [-0.05, 0) is 31.2 Å². The van der Waals surface area contributed by atoms with E-state index in [1.807, 2.05) is 54.6 Å². The van der Waals surface area contributed by atoms with Gasteiger partial charge in [0.1, 0.15) is 15.7 Å². The number of para-hydroxylation sites is 2. The van der Waals surface area contributed by atoms with E-state index in [-0.39, 0.29) is 0 Å². The predicted octanol–water partition coefficient (Wildman–Crippen LogP) is 6.49. The lowest BCUT2D eigenvalue weighted by atomic mass is 10.1. The van der Waals surface area contributed by atoms with Gasteiger partial charge in [0.2, 0.25) is 5.13 Å². The van der Waals surface area contributed by atoms with Gasteiger partial charge in [0.25, 0.3) is 0 Å². The quantitative estimate of drug-likeness (QED) is 0.304. The van der Waals surface area contributed by atoms with E-state index in [0.717, 1.165) is 43.1 Å². The number of aromatic nitrogens is 4. The highest BCUT2D eigenvalue weighted by molar-refractivity contribution is 7.98. The molecule has 7 heteroatoms. The van der Waals surface area contributed by atoms with Crippen LogP contribution in [0.4, 0.5) is 10.8 Å². The van der Waals surface area contributed by atoms with Crippen LogP contribution in [0.2, 0.25) is 0 Å². The first-order valence-corrected chi connectivity index (χ1v) is 11.7. The average molecular weight is 442 g/mol. The van der Waals surface area contributed by atoms with Gasteiger partial charge in [-0.15, -0.1) is 10.2 Å². The highest BCUT2D eigenvalue weighted by atomic mass is 32.2. The molecule has 5 nitrogen and oxygen atoms in total. The number of fused-ring (bicyclic) bond motifs is 1. The Morgan fingerprint density at radius 2 is 1.52 bits per heavy atom. The molecule has 0 radical (unpaired) electrons. The molecule has 5 rings (SSSR count). The van der Waals surface area contributed by atoms with Crippen molar-refractivity contribution in [1.29, 1.82) is 0 Å². The number of nitrogens with one attached hydrogen (secondary N) is 1. The van der Waals surface area contributed by atoms with E-state index in [1.54, 1.807) is 23.1 Å². The van der Waals surface area contributed by atoms with E-state index in [2.05, 4.69) is 46.7 Å². The lowest BCUT2D eigenvalue weighted by Crippen LogP contribution is -1.94. The number of benzene rings is 3. The van der Waals surface area contributed by atoms with Crippen molar-refractivity contribution in [3.8, 4) is 11.3 Å². The van der Waals surface area contributed by atoms with Crippen LogP contribution >= 0.6 is 23.1 Å². The Labute approximate surface area is 188 Å². The Balaban J connectivity index is 1.38. The fraction of sp³-hybridized carbons (Fsp3) is 0.0833. The van der Waals surface area contributed by atoms with Crippen molar-refractivity contribution in [1.82, 2.24) is 20.2 Å². The number of aryl methyl sites for hydroxylation is 1. The fourth-order valence-electron chi connectivity index (χ4n) is 3.12. The van der Waals surface area contributed by atoms with Crippen LogP contribution in [0.5, 0.6) is 0 Å².